The Morgan fingerprint density at radius 3 is 2.89 bits per heavy atom. The summed E-state index contributed by atoms with van der Waals surface area (Å²) < 4.78 is 0. The number of amides is 2. The summed E-state index contributed by atoms with van der Waals surface area (Å²) in [4.78, 5) is 27.0. The first-order chi connectivity index (χ1) is 13.6. The lowest BCUT2D eigenvalue weighted by atomic mass is 10.1. The van der Waals surface area contributed by atoms with Crippen molar-refractivity contribution in [2.75, 3.05) is 18.4 Å². The molecule has 2 heterocycles. The van der Waals surface area contributed by atoms with Crippen molar-refractivity contribution in [2.24, 2.45) is 11.7 Å². The van der Waals surface area contributed by atoms with Crippen LogP contribution in [-0.2, 0) is 16.0 Å². The fourth-order valence-electron chi connectivity index (χ4n) is 3.63. The zero-order chi connectivity index (χ0) is 19.5. The van der Waals surface area contributed by atoms with E-state index < -0.39 is 6.04 Å². The number of fused-ring (bicyclic) bond motifs is 1. The third-order valence-electron chi connectivity index (χ3n) is 5.19. The van der Waals surface area contributed by atoms with Gasteiger partial charge < -0.3 is 16.0 Å². The van der Waals surface area contributed by atoms with Crippen molar-refractivity contribution in [3.05, 3.63) is 60.3 Å². The molecular formula is C21H23N5O2. The summed E-state index contributed by atoms with van der Waals surface area (Å²) in [5.74, 6) is -0.401. The molecule has 4 rings (SSSR count). The fraction of sp³-hybridized carbons (Fsp3) is 0.286. The van der Waals surface area contributed by atoms with Gasteiger partial charge in [0.1, 0.15) is 0 Å². The average molecular weight is 377 g/mol. The van der Waals surface area contributed by atoms with Gasteiger partial charge in [0, 0.05) is 24.2 Å². The third kappa shape index (κ3) is 3.89. The molecule has 1 aliphatic rings. The highest BCUT2D eigenvalue weighted by Gasteiger charge is 2.33. The van der Waals surface area contributed by atoms with Crippen LogP contribution in [0.15, 0.2) is 54.7 Å². The van der Waals surface area contributed by atoms with Gasteiger partial charge in [-0.1, -0.05) is 30.3 Å². The lowest BCUT2D eigenvalue weighted by Crippen LogP contribution is -2.44. The number of hydrogen-bond acceptors (Lipinski definition) is 4. The number of H-pyrrole nitrogens is 1. The van der Waals surface area contributed by atoms with Crippen LogP contribution in [0.25, 0.3) is 10.9 Å². The van der Waals surface area contributed by atoms with E-state index in [2.05, 4.69) is 15.5 Å². The minimum atomic E-state index is -0.590. The summed E-state index contributed by atoms with van der Waals surface area (Å²) in [5, 5.41) is 10.7. The molecule has 0 aliphatic carbocycles. The first-order valence-corrected chi connectivity index (χ1v) is 9.42. The Morgan fingerprint density at radius 1 is 1.25 bits per heavy atom. The maximum atomic E-state index is 12.7. The van der Waals surface area contributed by atoms with Gasteiger partial charge in [-0.15, -0.1) is 0 Å². The van der Waals surface area contributed by atoms with E-state index in [4.69, 9.17) is 5.73 Å². The number of nitrogens with one attached hydrogen (secondary N) is 2. The Labute approximate surface area is 162 Å². The number of nitrogens with zero attached hydrogens (tertiary/aromatic N) is 2. The molecule has 4 N–H and O–H groups in total. The highest BCUT2D eigenvalue weighted by atomic mass is 16.2. The van der Waals surface area contributed by atoms with E-state index in [9.17, 15) is 9.59 Å². The van der Waals surface area contributed by atoms with Crippen LogP contribution in [0, 0.1) is 5.92 Å². The molecule has 2 atom stereocenters. The molecule has 1 unspecified atom stereocenters. The Balaban J connectivity index is 1.33. The number of nitrogens with two attached hydrogens (primary N) is 1. The van der Waals surface area contributed by atoms with Crippen LogP contribution in [0.3, 0.4) is 0 Å². The third-order valence-corrected chi connectivity index (χ3v) is 5.19. The van der Waals surface area contributed by atoms with Gasteiger partial charge in [-0.05, 0) is 36.6 Å². The topological polar surface area (TPSA) is 104 Å². The molecule has 0 saturated carbocycles. The molecule has 28 heavy (non-hydrogen) atoms. The second kappa shape index (κ2) is 7.82. The Hall–Kier alpha value is -3.19. The van der Waals surface area contributed by atoms with Crippen molar-refractivity contribution in [1.29, 1.82) is 0 Å². The largest absolute Gasteiger partial charge is 0.341 e. The predicted octanol–water partition coefficient (Wildman–Crippen LogP) is 1.92. The maximum Gasteiger partial charge on any atom is 0.239 e. The van der Waals surface area contributed by atoms with Crippen molar-refractivity contribution in [3.8, 4) is 0 Å². The quantitative estimate of drug-likeness (QED) is 0.632. The summed E-state index contributed by atoms with van der Waals surface area (Å²) in [6, 6.07) is 14.7. The minimum absolute atomic E-state index is 0.0743. The van der Waals surface area contributed by atoms with Gasteiger partial charge in [-0.2, -0.15) is 5.10 Å². The first kappa shape index (κ1) is 18.2. The van der Waals surface area contributed by atoms with Crippen molar-refractivity contribution in [2.45, 2.75) is 18.9 Å². The van der Waals surface area contributed by atoms with Gasteiger partial charge in [0.2, 0.25) is 11.8 Å². The van der Waals surface area contributed by atoms with Crippen LogP contribution in [0.1, 0.15) is 12.0 Å². The average Bonchev–Trinajstić information content (AvgIpc) is 3.37. The number of carbonyl (C=O) groups is 2. The van der Waals surface area contributed by atoms with E-state index in [1.165, 1.54) is 0 Å². The molecule has 1 fully saturated rings. The van der Waals surface area contributed by atoms with Crippen molar-refractivity contribution in [1.82, 2.24) is 15.1 Å². The second-order valence-electron chi connectivity index (χ2n) is 7.23. The smallest absolute Gasteiger partial charge is 0.239 e. The van der Waals surface area contributed by atoms with Gasteiger partial charge >= 0.3 is 0 Å². The van der Waals surface area contributed by atoms with Crippen LogP contribution in [0.5, 0.6) is 0 Å². The number of carbonyl (C=O) groups excluding carboxylic acids is 2. The number of aromatic amines is 1. The summed E-state index contributed by atoms with van der Waals surface area (Å²) in [5.41, 5.74) is 8.80. The predicted molar refractivity (Wildman–Crippen MR) is 108 cm³/mol. The van der Waals surface area contributed by atoms with Crippen molar-refractivity contribution in [3.63, 3.8) is 0 Å². The van der Waals surface area contributed by atoms with Gasteiger partial charge in [-0.3, -0.25) is 14.7 Å². The van der Waals surface area contributed by atoms with Crippen LogP contribution < -0.4 is 11.1 Å². The Kier molecular flexibility index (Phi) is 5.08. The molecule has 2 aromatic carbocycles. The molecule has 0 spiro atoms. The monoisotopic (exact) mass is 377 g/mol. The summed E-state index contributed by atoms with van der Waals surface area (Å²) in [6.07, 6.45) is 2.86. The maximum absolute atomic E-state index is 12.7. The highest BCUT2D eigenvalue weighted by Crippen LogP contribution is 2.21. The lowest BCUT2D eigenvalue weighted by molar-refractivity contribution is -0.131. The molecule has 1 aliphatic heterocycles. The molecule has 7 nitrogen and oxygen atoms in total. The molecule has 0 radical (unpaired) electrons. The number of likely N-dealkylation sites (tertiary alicyclic amines) is 1. The fourth-order valence-corrected chi connectivity index (χ4v) is 3.63. The molecule has 144 valence electrons. The van der Waals surface area contributed by atoms with E-state index in [-0.39, 0.29) is 17.7 Å². The molecular weight excluding hydrogens is 354 g/mol. The van der Waals surface area contributed by atoms with Crippen LogP contribution in [0.4, 0.5) is 5.69 Å². The lowest BCUT2D eigenvalue weighted by Gasteiger charge is -2.21. The number of hydrogen-bond donors (Lipinski definition) is 3. The van der Waals surface area contributed by atoms with E-state index in [0.717, 1.165) is 22.2 Å². The van der Waals surface area contributed by atoms with Crippen molar-refractivity contribution >= 4 is 28.4 Å². The normalized spacial score (nSPS) is 17.6. The summed E-state index contributed by atoms with van der Waals surface area (Å²) in [6.45, 7) is 0.960. The summed E-state index contributed by atoms with van der Waals surface area (Å²) >= 11 is 0. The van der Waals surface area contributed by atoms with E-state index in [0.29, 0.717) is 25.9 Å². The van der Waals surface area contributed by atoms with Gasteiger partial charge in [0.05, 0.1) is 23.7 Å². The zero-order valence-corrected chi connectivity index (χ0v) is 15.5. The zero-order valence-electron chi connectivity index (χ0n) is 15.5. The molecule has 1 saturated heterocycles. The SMILES string of the molecule is N[C@@H](Cc1ccccc1)C(=O)N1CCC(C(=O)Nc2ccc3[nH]ncc3c2)C1. The number of benzene rings is 2. The molecule has 0 bridgehead atoms. The van der Waals surface area contributed by atoms with E-state index in [1.807, 2.05) is 48.5 Å². The minimum Gasteiger partial charge on any atom is -0.341 e. The second-order valence-corrected chi connectivity index (χ2v) is 7.23. The number of rotatable bonds is 5. The van der Waals surface area contributed by atoms with Gasteiger partial charge in [-0.25, -0.2) is 0 Å². The van der Waals surface area contributed by atoms with Crippen LogP contribution in [-0.4, -0.2) is 46.0 Å². The van der Waals surface area contributed by atoms with Crippen LogP contribution in [0.2, 0.25) is 0 Å². The summed E-state index contributed by atoms with van der Waals surface area (Å²) in [7, 11) is 0. The number of anilines is 1. The standard InChI is InChI=1S/C21H23N5O2/c22-18(10-14-4-2-1-3-5-14)21(28)26-9-8-15(13-26)20(27)24-17-6-7-19-16(11-17)12-23-25-19/h1-7,11-12,15,18H,8-10,13,22H2,(H,23,25)(H,24,27)/t15?,18-/m0/s1. The van der Waals surface area contributed by atoms with Crippen LogP contribution >= 0.6 is 0 Å². The van der Waals surface area contributed by atoms with E-state index >= 15 is 0 Å². The number of aromatic nitrogens is 2. The Morgan fingerprint density at radius 2 is 2.07 bits per heavy atom. The van der Waals surface area contributed by atoms with E-state index in [1.54, 1.807) is 11.1 Å². The molecule has 1 aromatic heterocycles. The first-order valence-electron chi connectivity index (χ1n) is 9.42. The van der Waals surface area contributed by atoms with Gasteiger partial charge in [0.15, 0.2) is 0 Å². The molecule has 3 aromatic rings. The van der Waals surface area contributed by atoms with Crippen molar-refractivity contribution < 1.29 is 9.59 Å². The molecule has 7 heteroatoms. The molecule has 2 amide bonds. The Bertz CT molecular complexity index is 985. The van der Waals surface area contributed by atoms with Gasteiger partial charge in [0.25, 0.3) is 0 Å². The highest BCUT2D eigenvalue weighted by molar-refractivity contribution is 5.95.